The minimum absolute atomic E-state index is 0.0864. The van der Waals surface area contributed by atoms with E-state index in [1.54, 1.807) is 12.1 Å². The number of nitrogens with zero attached hydrogens (tertiary/aromatic N) is 3. The number of likely N-dealkylation sites (N-methyl/N-ethyl adjacent to an activating group) is 1. The molecule has 1 fully saturated rings. The Balaban J connectivity index is 1.74. The maximum Gasteiger partial charge on any atom is 0.262 e. The molecular formula is C18H24N4O4S. The first-order chi connectivity index (χ1) is 12.9. The van der Waals surface area contributed by atoms with Gasteiger partial charge in [-0.3, -0.25) is 4.72 Å². The van der Waals surface area contributed by atoms with Gasteiger partial charge in [0, 0.05) is 32.2 Å². The number of pyridine rings is 1. The molecule has 2 aromatic rings. The van der Waals surface area contributed by atoms with Crippen molar-refractivity contribution in [2.24, 2.45) is 0 Å². The predicted octanol–water partition coefficient (Wildman–Crippen LogP) is 1.65. The first kappa shape index (κ1) is 19.2. The molecule has 2 heterocycles. The average molecular weight is 392 g/mol. The summed E-state index contributed by atoms with van der Waals surface area (Å²) in [6.45, 7) is 3.77. The smallest absolute Gasteiger partial charge is 0.262 e. The van der Waals surface area contributed by atoms with Gasteiger partial charge in [0.1, 0.15) is 5.82 Å². The number of nitrogens with one attached hydrogen (secondary N) is 1. The van der Waals surface area contributed by atoms with Crippen molar-refractivity contribution in [2.75, 3.05) is 57.1 Å². The minimum Gasteiger partial charge on any atom is -0.493 e. The van der Waals surface area contributed by atoms with Crippen molar-refractivity contribution < 1.29 is 17.9 Å². The summed E-state index contributed by atoms with van der Waals surface area (Å²) in [4.78, 5) is 8.94. The molecular weight excluding hydrogens is 368 g/mol. The molecule has 1 aliphatic heterocycles. The second-order valence-corrected chi connectivity index (χ2v) is 8.00. The van der Waals surface area contributed by atoms with Crippen LogP contribution in [0.4, 0.5) is 11.5 Å². The molecule has 9 heteroatoms. The molecule has 1 N–H and O–H groups in total. The van der Waals surface area contributed by atoms with Crippen LogP contribution in [0.5, 0.6) is 11.5 Å². The number of ether oxygens (including phenoxy) is 2. The Morgan fingerprint density at radius 1 is 1.00 bits per heavy atom. The van der Waals surface area contributed by atoms with Crippen LogP contribution in [0.2, 0.25) is 0 Å². The molecule has 1 aromatic carbocycles. The number of anilines is 2. The van der Waals surface area contributed by atoms with Gasteiger partial charge in [-0.25, -0.2) is 13.4 Å². The number of rotatable bonds is 6. The van der Waals surface area contributed by atoms with Gasteiger partial charge in [-0.05, 0) is 31.3 Å². The molecule has 0 aliphatic carbocycles. The molecule has 1 aliphatic rings. The van der Waals surface area contributed by atoms with Crippen LogP contribution in [-0.4, -0.2) is 65.7 Å². The lowest BCUT2D eigenvalue weighted by Gasteiger charge is -2.33. The molecule has 3 rings (SSSR count). The summed E-state index contributed by atoms with van der Waals surface area (Å²) in [6.07, 6.45) is 1.53. The van der Waals surface area contributed by atoms with E-state index in [-0.39, 0.29) is 4.90 Å². The summed E-state index contributed by atoms with van der Waals surface area (Å²) in [7, 11) is 1.29. The van der Waals surface area contributed by atoms with Crippen molar-refractivity contribution in [1.29, 1.82) is 0 Å². The summed E-state index contributed by atoms with van der Waals surface area (Å²) in [5.41, 5.74) is 0.405. The second kappa shape index (κ2) is 8.01. The van der Waals surface area contributed by atoms with Crippen LogP contribution < -0.4 is 19.1 Å². The van der Waals surface area contributed by atoms with Gasteiger partial charge in [-0.15, -0.1) is 0 Å². The Labute approximate surface area is 159 Å². The molecule has 146 valence electrons. The van der Waals surface area contributed by atoms with E-state index >= 15 is 0 Å². The topological polar surface area (TPSA) is 84.0 Å². The van der Waals surface area contributed by atoms with Gasteiger partial charge >= 0.3 is 0 Å². The van der Waals surface area contributed by atoms with Crippen molar-refractivity contribution >= 4 is 21.5 Å². The van der Waals surface area contributed by atoms with E-state index in [0.717, 1.165) is 32.0 Å². The summed E-state index contributed by atoms with van der Waals surface area (Å²) >= 11 is 0. The number of hydrogen-bond acceptors (Lipinski definition) is 7. The van der Waals surface area contributed by atoms with E-state index in [9.17, 15) is 8.42 Å². The largest absolute Gasteiger partial charge is 0.493 e. The summed E-state index contributed by atoms with van der Waals surface area (Å²) in [5.74, 6) is 1.66. The molecule has 1 aromatic heterocycles. The van der Waals surface area contributed by atoms with E-state index in [1.165, 1.54) is 32.5 Å². The molecule has 0 radical (unpaired) electrons. The van der Waals surface area contributed by atoms with Gasteiger partial charge in [0.2, 0.25) is 0 Å². The van der Waals surface area contributed by atoms with Crippen molar-refractivity contribution in [3.8, 4) is 11.5 Å². The third-order valence-corrected chi connectivity index (χ3v) is 5.87. The lowest BCUT2D eigenvalue weighted by atomic mass is 10.3. The van der Waals surface area contributed by atoms with Gasteiger partial charge < -0.3 is 19.3 Å². The zero-order valence-corrected chi connectivity index (χ0v) is 16.5. The van der Waals surface area contributed by atoms with Crippen molar-refractivity contribution in [1.82, 2.24) is 9.88 Å². The van der Waals surface area contributed by atoms with Crippen LogP contribution in [0.1, 0.15) is 0 Å². The minimum atomic E-state index is -3.76. The molecule has 0 spiro atoms. The predicted molar refractivity (Wildman–Crippen MR) is 104 cm³/mol. The fourth-order valence-electron chi connectivity index (χ4n) is 2.87. The highest BCUT2D eigenvalue weighted by Gasteiger charge is 2.19. The molecule has 0 atom stereocenters. The normalized spacial score (nSPS) is 15.4. The standard InChI is InChI=1S/C18H24N4O4S/c1-21-8-10-22(11-9-21)18-7-4-14(13-19-18)20-27(23,24)15-5-6-16(25-2)17(12-15)26-3/h4-7,12-13,20H,8-11H2,1-3H3. The molecule has 0 amide bonds. The van der Waals surface area contributed by atoms with E-state index in [2.05, 4.69) is 26.6 Å². The number of hydrogen-bond donors (Lipinski definition) is 1. The number of aromatic nitrogens is 1. The van der Waals surface area contributed by atoms with E-state index in [1.807, 2.05) is 6.07 Å². The molecule has 0 saturated carbocycles. The van der Waals surface area contributed by atoms with Crippen molar-refractivity contribution in [2.45, 2.75) is 4.90 Å². The monoisotopic (exact) mass is 392 g/mol. The molecule has 1 saturated heterocycles. The van der Waals surface area contributed by atoms with Gasteiger partial charge in [-0.2, -0.15) is 0 Å². The third kappa shape index (κ3) is 4.42. The Morgan fingerprint density at radius 2 is 1.70 bits per heavy atom. The molecule has 0 unspecified atom stereocenters. The highest BCUT2D eigenvalue weighted by molar-refractivity contribution is 7.92. The SMILES string of the molecule is COc1ccc(S(=O)(=O)Nc2ccc(N3CCN(C)CC3)nc2)cc1OC. The highest BCUT2D eigenvalue weighted by atomic mass is 32.2. The summed E-state index contributed by atoms with van der Waals surface area (Å²) < 4.78 is 38.1. The Kier molecular flexibility index (Phi) is 5.71. The van der Waals surface area contributed by atoms with Crippen LogP contribution >= 0.6 is 0 Å². The Bertz CT molecular complexity index is 879. The molecule has 27 heavy (non-hydrogen) atoms. The van der Waals surface area contributed by atoms with Crippen LogP contribution in [0.15, 0.2) is 41.4 Å². The van der Waals surface area contributed by atoms with E-state index in [0.29, 0.717) is 17.2 Å². The van der Waals surface area contributed by atoms with Gasteiger partial charge in [0.15, 0.2) is 11.5 Å². The summed E-state index contributed by atoms with van der Waals surface area (Å²) in [6, 6.07) is 8.00. The maximum absolute atomic E-state index is 12.6. The quantitative estimate of drug-likeness (QED) is 0.800. The van der Waals surface area contributed by atoms with Gasteiger partial charge in [0.25, 0.3) is 10.0 Å². The Morgan fingerprint density at radius 3 is 2.30 bits per heavy atom. The van der Waals surface area contributed by atoms with Crippen molar-refractivity contribution in [3.05, 3.63) is 36.5 Å². The fraction of sp³-hybridized carbons (Fsp3) is 0.389. The zero-order chi connectivity index (χ0) is 19.4. The lowest BCUT2D eigenvalue weighted by Crippen LogP contribution is -2.44. The second-order valence-electron chi connectivity index (χ2n) is 6.32. The molecule has 0 bridgehead atoms. The first-order valence-corrected chi connectivity index (χ1v) is 10.1. The number of sulfonamides is 1. The number of methoxy groups -OCH3 is 2. The zero-order valence-electron chi connectivity index (χ0n) is 15.7. The van der Waals surface area contributed by atoms with Crippen LogP contribution in [-0.2, 0) is 10.0 Å². The first-order valence-electron chi connectivity index (χ1n) is 8.57. The van der Waals surface area contributed by atoms with Crippen LogP contribution in [0.25, 0.3) is 0 Å². The van der Waals surface area contributed by atoms with Gasteiger partial charge in [0.05, 0.1) is 31.0 Å². The molecule has 8 nitrogen and oxygen atoms in total. The maximum atomic E-state index is 12.6. The van der Waals surface area contributed by atoms with Crippen LogP contribution in [0.3, 0.4) is 0 Å². The lowest BCUT2D eigenvalue weighted by molar-refractivity contribution is 0.312. The van der Waals surface area contributed by atoms with E-state index in [4.69, 9.17) is 9.47 Å². The van der Waals surface area contributed by atoms with Gasteiger partial charge in [-0.1, -0.05) is 0 Å². The highest BCUT2D eigenvalue weighted by Crippen LogP contribution is 2.30. The fourth-order valence-corrected chi connectivity index (χ4v) is 3.93. The average Bonchev–Trinajstić information content (AvgIpc) is 2.68. The number of piperazine rings is 1. The van der Waals surface area contributed by atoms with E-state index < -0.39 is 10.0 Å². The third-order valence-electron chi connectivity index (χ3n) is 4.49. The summed E-state index contributed by atoms with van der Waals surface area (Å²) in [5, 5.41) is 0. The van der Waals surface area contributed by atoms with Crippen molar-refractivity contribution in [3.63, 3.8) is 0 Å². The van der Waals surface area contributed by atoms with Crippen LogP contribution in [0, 0.1) is 0 Å². The number of benzene rings is 1. The Hall–Kier alpha value is -2.52.